The van der Waals surface area contributed by atoms with E-state index in [4.69, 9.17) is 17.0 Å². The van der Waals surface area contributed by atoms with Gasteiger partial charge in [0, 0.05) is 13.1 Å². The summed E-state index contributed by atoms with van der Waals surface area (Å²) in [7, 11) is 0. The number of esters is 1. The molecular formula is C15H19N3O4S2. The van der Waals surface area contributed by atoms with E-state index in [2.05, 4.69) is 10.6 Å². The van der Waals surface area contributed by atoms with Crippen molar-refractivity contribution in [2.45, 2.75) is 25.8 Å². The minimum absolute atomic E-state index is 0.110. The van der Waals surface area contributed by atoms with Crippen LogP contribution in [0.1, 0.15) is 29.4 Å². The van der Waals surface area contributed by atoms with Gasteiger partial charge in [-0.05, 0) is 30.1 Å². The Morgan fingerprint density at radius 3 is 3.00 bits per heavy atom. The van der Waals surface area contributed by atoms with E-state index in [0.717, 1.165) is 0 Å². The van der Waals surface area contributed by atoms with Crippen LogP contribution in [0.5, 0.6) is 0 Å². The zero-order chi connectivity index (χ0) is 17.5. The van der Waals surface area contributed by atoms with Crippen molar-refractivity contribution < 1.29 is 19.1 Å². The van der Waals surface area contributed by atoms with Crippen molar-refractivity contribution in [3.05, 3.63) is 22.4 Å². The fourth-order valence-electron chi connectivity index (χ4n) is 2.23. The number of ether oxygens (including phenoxy) is 1. The van der Waals surface area contributed by atoms with Gasteiger partial charge >= 0.3 is 5.97 Å². The van der Waals surface area contributed by atoms with Crippen molar-refractivity contribution >= 4 is 46.5 Å². The van der Waals surface area contributed by atoms with Crippen molar-refractivity contribution in [2.75, 3.05) is 19.7 Å². The summed E-state index contributed by atoms with van der Waals surface area (Å²) in [5.74, 6) is -1.09. The molecule has 1 aliphatic rings. The molecule has 2 amide bonds. The zero-order valence-corrected chi connectivity index (χ0v) is 14.9. The lowest BCUT2D eigenvalue weighted by atomic mass is 10.1. The number of nitrogens with one attached hydrogen (secondary N) is 2. The fourth-order valence-corrected chi connectivity index (χ4v) is 3.16. The van der Waals surface area contributed by atoms with Crippen molar-refractivity contribution in [2.24, 2.45) is 0 Å². The van der Waals surface area contributed by atoms with E-state index >= 15 is 0 Å². The van der Waals surface area contributed by atoms with Crippen LogP contribution in [0.15, 0.2) is 17.5 Å². The van der Waals surface area contributed by atoms with E-state index < -0.39 is 12.0 Å². The van der Waals surface area contributed by atoms with Gasteiger partial charge in [0.2, 0.25) is 5.91 Å². The van der Waals surface area contributed by atoms with Gasteiger partial charge in [0.25, 0.3) is 5.91 Å². The largest absolute Gasteiger partial charge is 0.466 e. The number of piperazine rings is 1. The third-order valence-corrected chi connectivity index (χ3v) is 4.59. The SMILES string of the molecule is CCCOC(=O)CC1C(=O)NCCN1C(=S)NC(=O)c1cccs1. The molecule has 1 aromatic heterocycles. The maximum absolute atomic E-state index is 12.1. The Hall–Kier alpha value is -2.00. The summed E-state index contributed by atoms with van der Waals surface area (Å²) in [5, 5.41) is 7.24. The molecule has 1 unspecified atom stereocenters. The molecule has 0 spiro atoms. The monoisotopic (exact) mass is 369 g/mol. The maximum atomic E-state index is 12.1. The molecule has 24 heavy (non-hydrogen) atoms. The first-order valence-corrected chi connectivity index (χ1v) is 8.90. The quantitative estimate of drug-likeness (QED) is 0.592. The highest BCUT2D eigenvalue weighted by atomic mass is 32.1. The number of thiocarbonyl (C=S) groups is 1. The predicted molar refractivity (Wildman–Crippen MR) is 93.8 cm³/mol. The molecule has 7 nitrogen and oxygen atoms in total. The lowest BCUT2D eigenvalue weighted by Gasteiger charge is -2.36. The predicted octanol–water partition coefficient (Wildman–Crippen LogP) is 0.907. The van der Waals surface area contributed by atoms with Gasteiger partial charge in [0.1, 0.15) is 6.04 Å². The Bertz CT molecular complexity index is 618. The van der Waals surface area contributed by atoms with Gasteiger partial charge in [0.15, 0.2) is 5.11 Å². The summed E-state index contributed by atoms with van der Waals surface area (Å²) in [6.45, 7) is 3.02. The molecule has 130 valence electrons. The molecule has 1 fully saturated rings. The molecule has 0 radical (unpaired) electrons. The van der Waals surface area contributed by atoms with Crippen LogP contribution in [0.3, 0.4) is 0 Å². The van der Waals surface area contributed by atoms with Crippen LogP contribution in [0.4, 0.5) is 0 Å². The van der Waals surface area contributed by atoms with Gasteiger partial charge in [0.05, 0.1) is 17.9 Å². The third kappa shape index (κ3) is 4.75. The number of carbonyl (C=O) groups is 3. The first kappa shape index (κ1) is 18.3. The molecule has 1 saturated heterocycles. The van der Waals surface area contributed by atoms with E-state index in [9.17, 15) is 14.4 Å². The second-order valence-corrected chi connectivity index (χ2v) is 6.50. The van der Waals surface area contributed by atoms with Crippen LogP contribution >= 0.6 is 23.6 Å². The molecule has 1 aromatic rings. The van der Waals surface area contributed by atoms with Crippen LogP contribution in [0.2, 0.25) is 0 Å². The highest BCUT2D eigenvalue weighted by Gasteiger charge is 2.34. The van der Waals surface area contributed by atoms with Gasteiger partial charge in [-0.25, -0.2) is 0 Å². The fraction of sp³-hybridized carbons (Fsp3) is 0.467. The second kappa shape index (κ2) is 8.74. The van der Waals surface area contributed by atoms with Gasteiger partial charge in [-0.1, -0.05) is 13.0 Å². The first-order chi connectivity index (χ1) is 11.5. The van der Waals surface area contributed by atoms with E-state index in [0.29, 0.717) is 31.0 Å². The Labute approximate surface area is 149 Å². The van der Waals surface area contributed by atoms with E-state index in [-0.39, 0.29) is 23.3 Å². The molecule has 2 heterocycles. The first-order valence-electron chi connectivity index (χ1n) is 7.61. The zero-order valence-electron chi connectivity index (χ0n) is 13.2. The summed E-state index contributed by atoms with van der Waals surface area (Å²) in [4.78, 5) is 38.1. The lowest BCUT2D eigenvalue weighted by molar-refractivity contribution is -0.147. The molecule has 0 bridgehead atoms. The standard InChI is InChI=1S/C15H19N3O4S2/c1-2-7-22-12(19)9-10-13(20)16-5-6-18(10)15(23)17-14(21)11-4-3-8-24-11/h3-4,8,10H,2,5-7,9H2,1H3,(H,16,20)(H,17,21,23). The van der Waals surface area contributed by atoms with E-state index in [1.54, 1.807) is 22.4 Å². The van der Waals surface area contributed by atoms with Crippen LogP contribution in [0.25, 0.3) is 0 Å². The van der Waals surface area contributed by atoms with Crippen molar-refractivity contribution in [3.8, 4) is 0 Å². The van der Waals surface area contributed by atoms with Crippen molar-refractivity contribution in [1.29, 1.82) is 0 Å². The normalized spacial score (nSPS) is 17.1. The average Bonchev–Trinajstić information content (AvgIpc) is 3.09. The van der Waals surface area contributed by atoms with Crippen LogP contribution in [-0.4, -0.2) is 53.5 Å². The number of carbonyl (C=O) groups excluding carboxylic acids is 3. The summed E-state index contributed by atoms with van der Waals surface area (Å²) in [6, 6.07) is 2.67. The molecule has 2 rings (SSSR count). The molecular weight excluding hydrogens is 350 g/mol. The Kier molecular flexibility index (Phi) is 6.68. The van der Waals surface area contributed by atoms with Gasteiger partial charge < -0.3 is 15.0 Å². The number of thiophene rings is 1. The van der Waals surface area contributed by atoms with Gasteiger partial charge in [-0.2, -0.15) is 0 Å². The smallest absolute Gasteiger partial charge is 0.308 e. The highest BCUT2D eigenvalue weighted by molar-refractivity contribution is 7.80. The second-order valence-electron chi connectivity index (χ2n) is 5.16. The Balaban J connectivity index is 2.01. The molecule has 2 N–H and O–H groups in total. The molecule has 1 aliphatic heterocycles. The Morgan fingerprint density at radius 2 is 2.33 bits per heavy atom. The number of hydrogen-bond acceptors (Lipinski definition) is 6. The molecule has 0 aliphatic carbocycles. The van der Waals surface area contributed by atoms with Gasteiger partial charge in [-0.15, -0.1) is 11.3 Å². The molecule has 1 atom stereocenters. The average molecular weight is 369 g/mol. The molecule has 0 aromatic carbocycles. The van der Waals surface area contributed by atoms with Crippen molar-refractivity contribution in [3.63, 3.8) is 0 Å². The van der Waals surface area contributed by atoms with Crippen LogP contribution < -0.4 is 10.6 Å². The van der Waals surface area contributed by atoms with Crippen molar-refractivity contribution in [1.82, 2.24) is 15.5 Å². The third-order valence-electron chi connectivity index (χ3n) is 3.38. The lowest BCUT2D eigenvalue weighted by Crippen LogP contribution is -2.60. The molecule has 9 heteroatoms. The molecule has 0 saturated carbocycles. The minimum atomic E-state index is -0.778. The van der Waals surface area contributed by atoms with Crippen LogP contribution in [-0.2, 0) is 14.3 Å². The minimum Gasteiger partial charge on any atom is -0.466 e. The number of amides is 2. The highest BCUT2D eigenvalue weighted by Crippen LogP contribution is 2.12. The number of hydrogen-bond donors (Lipinski definition) is 2. The van der Waals surface area contributed by atoms with E-state index in [1.165, 1.54) is 11.3 Å². The number of nitrogens with zero attached hydrogens (tertiary/aromatic N) is 1. The summed E-state index contributed by atoms with van der Waals surface area (Å²) < 4.78 is 5.04. The van der Waals surface area contributed by atoms with E-state index in [1.807, 2.05) is 6.92 Å². The summed E-state index contributed by atoms with van der Waals surface area (Å²) in [6.07, 6.45) is 0.600. The van der Waals surface area contributed by atoms with Crippen LogP contribution in [0, 0.1) is 0 Å². The summed E-state index contributed by atoms with van der Waals surface area (Å²) >= 11 is 6.56. The topological polar surface area (TPSA) is 87.7 Å². The Morgan fingerprint density at radius 1 is 1.54 bits per heavy atom. The maximum Gasteiger partial charge on any atom is 0.308 e. The number of rotatable bonds is 5. The summed E-state index contributed by atoms with van der Waals surface area (Å²) in [5.41, 5.74) is 0. The van der Waals surface area contributed by atoms with Gasteiger partial charge in [-0.3, -0.25) is 19.7 Å².